The lowest BCUT2D eigenvalue weighted by Crippen LogP contribution is -2.11. The van der Waals surface area contributed by atoms with Crippen molar-refractivity contribution in [2.24, 2.45) is 0 Å². The number of rotatable bonds is 4. The average Bonchev–Trinajstić information content (AvgIpc) is 2.40. The van der Waals surface area contributed by atoms with Gasteiger partial charge in [0.05, 0.1) is 6.54 Å². The van der Waals surface area contributed by atoms with Crippen molar-refractivity contribution in [2.75, 3.05) is 11.9 Å². The summed E-state index contributed by atoms with van der Waals surface area (Å²) in [6.07, 6.45) is 3.53. The van der Waals surface area contributed by atoms with E-state index in [1.807, 2.05) is 0 Å². The van der Waals surface area contributed by atoms with Crippen LogP contribution in [0.4, 0.5) is 5.95 Å². The molecule has 98 valence electrons. The Labute approximate surface area is 112 Å². The monoisotopic (exact) mass is 255 g/mol. The summed E-state index contributed by atoms with van der Waals surface area (Å²) in [7, 11) is 0. The molecular formula is C15H17N3O. The third-order valence-electron chi connectivity index (χ3n) is 2.99. The molecule has 4 nitrogen and oxygen atoms in total. The Morgan fingerprint density at radius 3 is 2.37 bits per heavy atom. The largest absolute Gasteiger partial charge is 0.347 e. The van der Waals surface area contributed by atoms with Gasteiger partial charge in [-0.1, -0.05) is 18.2 Å². The number of nitrogens with one attached hydrogen (secondary N) is 1. The maximum Gasteiger partial charge on any atom is 0.222 e. The maximum atomic E-state index is 10.9. The van der Waals surface area contributed by atoms with E-state index in [1.165, 1.54) is 18.1 Å². The molecule has 1 aromatic carbocycles. The molecule has 1 aromatic heterocycles. The van der Waals surface area contributed by atoms with Crippen LogP contribution in [0.25, 0.3) is 11.1 Å². The van der Waals surface area contributed by atoms with Crippen LogP contribution in [0.3, 0.4) is 0 Å². The summed E-state index contributed by atoms with van der Waals surface area (Å²) in [5.74, 6) is 0.532. The number of carbonyl (C=O) groups is 1. The van der Waals surface area contributed by atoms with E-state index in [0.29, 0.717) is 5.95 Å². The van der Waals surface area contributed by atoms with Gasteiger partial charge < -0.3 is 5.32 Å². The van der Waals surface area contributed by atoms with E-state index in [0.717, 1.165) is 11.1 Å². The Morgan fingerprint density at radius 2 is 1.79 bits per heavy atom. The molecule has 0 bridgehead atoms. The van der Waals surface area contributed by atoms with E-state index in [-0.39, 0.29) is 12.3 Å². The Hall–Kier alpha value is -2.23. The lowest BCUT2D eigenvalue weighted by Gasteiger charge is -2.06. The summed E-state index contributed by atoms with van der Waals surface area (Å²) in [6.45, 7) is 5.95. The molecular weight excluding hydrogens is 238 g/mol. The van der Waals surface area contributed by atoms with Gasteiger partial charge in [0.15, 0.2) is 0 Å². The van der Waals surface area contributed by atoms with E-state index in [2.05, 4.69) is 47.3 Å². The summed E-state index contributed by atoms with van der Waals surface area (Å²) in [5, 5.41) is 2.87. The van der Waals surface area contributed by atoms with Gasteiger partial charge in [-0.25, -0.2) is 9.97 Å². The third kappa shape index (κ3) is 3.37. The summed E-state index contributed by atoms with van der Waals surface area (Å²) in [4.78, 5) is 19.3. The quantitative estimate of drug-likeness (QED) is 0.912. The molecule has 0 atom stereocenters. The summed E-state index contributed by atoms with van der Waals surface area (Å²) in [6, 6.07) is 6.27. The fourth-order valence-electron chi connectivity index (χ4n) is 1.69. The highest BCUT2D eigenvalue weighted by Crippen LogP contribution is 2.21. The highest BCUT2D eigenvalue weighted by molar-refractivity contribution is 5.79. The van der Waals surface area contributed by atoms with Gasteiger partial charge in [0.1, 0.15) is 5.78 Å². The van der Waals surface area contributed by atoms with Crippen LogP contribution >= 0.6 is 0 Å². The lowest BCUT2D eigenvalue weighted by atomic mass is 10.0. The second kappa shape index (κ2) is 5.61. The van der Waals surface area contributed by atoms with Crippen molar-refractivity contribution in [3.8, 4) is 11.1 Å². The molecule has 0 radical (unpaired) electrons. The number of hydrogen-bond acceptors (Lipinski definition) is 4. The molecule has 0 amide bonds. The van der Waals surface area contributed by atoms with Crippen LogP contribution < -0.4 is 5.32 Å². The number of carbonyl (C=O) groups excluding carboxylic acids is 1. The molecule has 4 heteroatoms. The molecule has 19 heavy (non-hydrogen) atoms. The molecule has 0 unspecified atom stereocenters. The highest BCUT2D eigenvalue weighted by Gasteiger charge is 2.02. The summed E-state index contributed by atoms with van der Waals surface area (Å²) < 4.78 is 0. The predicted octanol–water partition coefficient (Wildman–Crippen LogP) is 2.76. The smallest absolute Gasteiger partial charge is 0.222 e. The third-order valence-corrected chi connectivity index (χ3v) is 2.99. The van der Waals surface area contributed by atoms with E-state index < -0.39 is 0 Å². The lowest BCUT2D eigenvalue weighted by molar-refractivity contribution is -0.115. The van der Waals surface area contributed by atoms with Gasteiger partial charge in [-0.2, -0.15) is 0 Å². The number of ketones is 1. The van der Waals surface area contributed by atoms with Crippen LogP contribution in [0.5, 0.6) is 0 Å². The van der Waals surface area contributed by atoms with E-state index >= 15 is 0 Å². The molecule has 2 aromatic rings. The number of anilines is 1. The Balaban J connectivity index is 2.17. The molecule has 0 saturated heterocycles. The number of nitrogens with zero attached hydrogens (tertiary/aromatic N) is 2. The molecule has 0 aliphatic heterocycles. The van der Waals surface area contributed by atoms with Gasteiger partial charge in [0.25, 0.3) is 0 Å². The number of aryl methyl sites for hydroxylation is 2. The second-order valence-corrected chi connectivity index (χ2v) is 4.65. The number of Topliss-reactive ketones (excluding diaryl/α,β-unsaturated/α-hetero) is 1. The van der Waals surface area contributed by atoms with Gasteiger partial charge in [0, 0.05) is 18.0 Å². The van der Waals surface area contributed by atoms with Crippen LogP contribution in [-0.2, 0) is 4.79 Å². The SMILES string of the molecule is CC(=O)CNc1ncc(-c2ccc(C)c(C)c2)cn1. The predicted molar refractivity (Wildman–Crippen MR) is 76.1 cm³/mol. The molecule has 2 rings (SSSR count). The van der Waals surface area contributed by atoms with Crippen molar-refractivity contribution in [2.45, 2.75) is 20.8 Å². The van der Waals surface area contributed by atoms with Crippen LogP contribution in [0.15, 0.2) is 30.6 Å². The molecule has 0 spiro atoms. The highest BCUT2D eigenvalue weighted by atomic mass is 16.1. The standard InChI is InChI=1S/C15H17N3O/c1-10-4-5-13(6-11(10)2)14-8-17-15(18-9-14)16-7-12(3)19/h4-6,8-9H,7H2,1-3H3,(H,16,17,18). The first-order valence-electron chi connectivity index (χ1n) is 6.19. The van der Waals surface area contributed by atoms with E-state index in [1.54, 1.807) is 12.4 Å². The van der Waals surface area contributed by atoms with Crippen LogP contribution in [0.1, 0.15) is 18.1 Å². The zero-order valence-electron chi connectivity index (χ0n) is 11.4. The van der Waals surface area contributed by atoms with Gasteiger partial charge in [-0.05, 0) is 37.5 Å². The normalized spacial score (nSPS) is 10.3. The van der Waals surface area contributed by atoms with Crippen LogP contribution in [-0.4, -0.2) is 22.3 Å². The number of hydrogen-bond donors (Lipinski definition) is 1. The van der Waals surface area contributed by atoms with Gasteiger partial charge in [-0.3, -0.25) is 4.79 Å². The summed E-state index contributed by atoms with van der Waals surface area (Å²) >= 11 is 0. The zero-order valence-corrected chi connectivity index (χ0v) is 11.4. The van der Waals surface area contributed by atoms with Crippen molar-refractivity contribution in [3.63, 3.8) is 0 Å². The topological polar surface area (TPSA) is 54.9 Å². The molecule has 0 fully saturated rings. The fourth-order valence-corrected chi connectivity index (χ4v) is 1.69. The van der Waals surface area contributed by atoms with Crippen LogP contribution in [0, 0.1) is 13.8 Å². The Morgan fingerprint density at radius 1 is 1.11 bits per heavy atom. The first-order chi connectivity index (χ1) is 9.06. The second-order valence-electron chi connectivity index (χ2n) is 4.65. The average molecular weight is 255 g/mol. The minimum absolute atomic E-state index is 0.0573. The van der Waals surface area contributed by atoms with Crippen molar-refractivity contribution < 1.29 is 4.79 Å². The minimum atomic E-state index is 0.0573. The van der Waals surface area contributed by atoms with Crippen LogP contribution in [0.2, 0.25) is 0 Å². The molecule has 1 heterocycles. The molecule has 0 aliphatic carbocycles. The van der Waals surface area contributed by atoms with E-state index in [9.17, 15) is 4.79 Å². The zero-order chi connectivity index (χ0) is 13.8. The van der Waals surface area contributed by atoms with Crippen molar-refractivity contribution in [3.05, 3.63) is 41.7 Å². The minimum Gasteiger partial charge on any atom is -0.347 e. The number of benzene rings is 1. The van der Waals surface area contributed by atoms with E-state index in [4.69, 9.17) is 0 Å². The number of aromatic nitrogens is 2. The molecule has 1 N–H and O–H groups in total. The van der Waals surface area contributed by atoms with Crippen molar-refractivity contribution in [1.29, 1.82) is 0 Å². The fraction of sp³-hybridized carbons (Fsp3) is 0.267. The molecule has 0 aliphatic rings. The maximum absolute atomic E-state index is 10.9. The Kier molecular flexibility index (Phi) is 3.90. The van der Waals surface area contributed by atoms with Gasteiger partial charge >= 0.3 is 0 Å². The first-order valence-corrected chi connectivity index (χ1v) is 6.19. The Bertz CT molecular complexity index is 591. The molecule has 0 saturated carbocycles. The van der Waals surface area contributed by atoms with Crippen molar-refractivity contribution in [1.82, 2.24) is 9.97 Å². The van der Waals surface area contributed by atoms with Crippen molar-refractivity contribution >= 4 is 11.7 Å². The van der Waals surface area contributed by atoms with Gasteiger partial charge in [-0.15, -0.1) is 0 Å². The summed E-state index contributed by atoms with van der Waals surface area (Å²) in [5.41, 5.74) is 4.58. The van der Waals surface area contributed by atoms with Gasteiger partial charge in [0.2, 0.25) is 5.95 Å². The first kappa shape index (κ1) is 13.2.